The number of hydrogen-bond donors (Lipinski definition) is 1. The van der Waals surface area contributed by atoms with Crippen molar-refractivity contribution in [2.24, 2.45) is 5.73 Å². The van der Waals surface area contributed by atoms with Crippen LogP contribution in [0.3, 0.4) is 0 Å². The van der Waals surface area contributed by atoms with Crippen LogP contribution in [0.1, 0.15) is 21.6 Å². The molecule has 1 amide bonds. The molecule has 6 nitrogen and oxygen atoms in total. The molecule has 0 atom stereocenters. The summed E-state index contributed by atoms with van der Waals surface area (Å²) in [5.74, 6) is -0.543. The number of pyridine rings is 2. The molecule has 126 valence electrons. The first-order valence-electron chi connectivity index (χ1n) is 7.78. The molecule has 4 aromatic rings. The van der Waals surface area contributed by atoms with Gasteiger partial charge in [-0.25, -0.2) is 4.98 Å². The Bertz CT molecular complexity index is 1220. The normalized spacial score (nSPS) is 10.9. The van der Waals surface area contributed by atoms with Crippen molar-refractivity contribution in [2.45, 2.75) is 6.54 Å². The van der Waals surface area contributed by atoms with E-state index >= 15 is 0 Å². The average Bonchev–Trinajstić information content (AvgIpc) is 2.99. The number of carbonyl (C=O) groups is 1. The smallest absolute Gasteiger partial charge is 0.250 e. The second-order valence-electron chi connectivity index (χ2n) is 5.91. The lowest BCUT2D eigenvalue weighted by Gasteiger charge is -2.07. The van der Waals surface area contributed by atoms with Crippen LogP contribution in [-0.4, -0.2) is 20.4 Å². The molecule has 0 aliphatic heterocycles. The molecule has 3 aromatic heterocycles. The SMILES string of the molecule is N#Cc1cc2c(C(N)=O)cn(Cc3ccc4ncc(Cl)cc4c3)c2cn1. The Morgan fingerprint density at radius 1 is 1.23 bits per heavy atom. The van der Waals surface area contributed by atoms with Crippen LogP contribution < -0.4 is 5.73 Å². The van der Waals surface area contributed by atoms with Gasteiger partial charge in [0.1, 0.15) is 11.8 Å². The van der Waals surface area contributed by atoms with E-state index in [4.69, 9.17) is 22.6 Å². The lowest BCUT2D eigenvalue weighted by molar-refractivity contribution is 0.100. The number of nitrogens with two attached hydrogens (primary N) is 1. The van der Waals surface area contributed by atoms with Crippen molar-refractivity contribution in [1.82, 2.24) is 14.5 Å². The Morgan fingerprint density at radius 2 is 2.08 bits per heavy atom. The van der Waals surface area contributed by atoms with Crippen LogP contribution in [-0.2, 0) is 6.54 Å². The number of primary amides is 1. The minimum atomic E-state index is -0.543. The Labute approximate surface area is 153 Å². The third-order valence-corrected chi connectivity index (χ3v) is 4.42. The van der Waals surface area contributed by atoms with Gasteiger partial charge < -0.3 is 10.3 Å². The number of nitrogens with zero attached hydrogens (tertiary/aromatic N) is 4. The number of fused-ring (bicyclic) bond motifs is 2. The number of nitriles is 1. The molecule has 7 heteroatoms. The maximum atomic E-state index is 11.8. The van der Waals surface area contributed by atoms with Crippen LogP contribution >= 0.6 is 11.6 Å². The predicted molar refractivity (Wildman–Crippen MR) is 98.8 cm³/mol. The van der Waals surface area contributed by atoms with Gasteiger partial charge in [-0.15, -0.1) is 0 Å². The number of amides is 1. The summed E-state index contributed by atoms with van der Waals surface area (Å²) in [6.45, 7) is 0.514. The molecule has 0 spiro atoms. The van der Waals surface area contributed by atoms with Gasteiger partial charge in [-0.1, -0.05) is 17.7 Å². The third-order valence-electron chi connectivity index (χ3n) is 4.21. The summed E-state index contributed by atoms with van der Waals surface area (Å²) in [7, 11) is 0. The highest BCUT2D eigenvalue weighted by Crippen LogP contribution is 2.24. The monoisotopic (exact) mass is 361 g/mol. The molecule has 0 aliphatic carbocycles. The zero-order valence-electron chi connectivity index (χ0n) is 13.5. The number of aromatic nitrogens is 3. The molecule has 26 heavy (non-hydrogen) atoms. The number of benzene rings is 1. The van der Waals surface area contributed by atoms with Gasteiger partial charge >= 0.3 is 0 Å². The number of hydrogen-bond acceptors (Lipinski definition) is 4. The first-order valence-corrected chi connectivity index (χ1v) is 8.16. The van der Waals surface area contributed by atoms with E-state index in [9.17, 15) is 4.79 Å². The van der Waals surface area contributed by atoms with E-state index in [0.717, 1.165) is 22.0 Å². The predicted octanol–water partition coefficient (Wildman–Crippen LogP) is 3.26. The molecule has 4 rings (SSSR count). The van der Waals surface area contributed by atoms with Crippen molar-refractivity contribution in [1.29, 1.82) is 5.26 Å². The maximum Gasteiger partial charge on any atom is 0.250 e. The topological polar surface area (TPSA) is 97.6 Å². The summed E-state index contributed by atoms with van der Waals surface area (Å²) >= 11 is 6.02. The molecule has 0 unspecified atom stereocenters. The molecule has 0 aliphatic rings. The third kappa shape index (κ3) is 2.75. The van der Waals surface area contributed by atoms with Gasteiger partial charge in [0.05, 0.1) is 27.8 Å². The summed E-state index contributed by atoms with van der Waals surface area (Å²) in [4.78, 5) is 20.2. The molecule has 3 heterocycles. The molecular weight excluding hydrogens is 350 g/mol. The fraction of sp³-hybridized carbons (Fsp3) is 0.0526. The van der Waals surface area contributed by atoms with E-state index in [2.05, 4.69) is 9.97 Å². The van der Waals surface area contributed by atoms with Crippen molar-refractivity contribution < 1.29 is 4.79 Å². The van der Waals surface area contributed by atoms with Gasteiger partial charge in [0.25, 0.3) is 5.91 Å². The van der Waals surface area contributed by atoms with E-state index < -0.39 is 5.91 Å². The van der Waals surface area contributed by atoms with Gasteiger partial charge in [0, 0.05) is 29.7 Å². The zero-order chi connectivity index (χ0) is 18.3. The Morgan fingerprint density at radius 3 is 2.85 bits per heavy atom. The lowest BCUT2D eigenvalue weighted by atomic mass is 10.1. The first kappa shape index (κ1) is 16.1. The van der Waals surface area contributed by atoms with Gasteiger partial charge in [-0.3, -0.25) is 9.78 Å². The first-order chi connectivity index (χ1) is 12.5. The molecule has 1 aromatic carbocycles. The van der Waals surface area contributed by atoms with E-state index in [1.165, 1.54) is 0 Å². The van der Waals surface area contributed by atoms with E-state index in [0.29, 0.717) is 22.5 Å². The molecule has 0 bridgehead atoms. The maximum absolute atomic E-state index is 11.8. The number of rotatable bonds is 3. The lowest BCUT2D eigenvalue weighted by Crippen LogP contribution is -2.10. The summed E-state index contributed by atoms with van der Waals surface area (Å²) in [5.41, 5.74) is 8.70. The van der Waals surface area contributed by atoms with Gasteiger partial charge in [-0.2, -0.15) is 5.26 Å². The summed E-state index contributed by atoms with van der Waals surface area (Å²) in [5, 5.41) is 11.2. The van der Waals surface area contributed by atoms with E-state index in [1.807, 2.05) is 34.9 Å². The second kappa shape index (κ2) is 6.14. The van der Waals surface area contributed by atoms with Crippen LogP contribution in [0.2, 0.25) is 5.02 Å². The van der Waals surface area contributed by atoms with Crippen molar-refractivity contribution >= 4 is 39.3 Å². The van der Waals surface area contributed by atoms with E-state index in [1.54, 1.807) is 24.7 Å². The Balaban J connectivity index is 1.82. The Kier molecular flexibility index (Phi) is 3.79. The summed E-state index contributed by atoms with van der Waals surface area (Å²) in [6, 6.07) is 11.3. The van der Waals surface area contributed by atoms with Gasteiger partial charge in [0.15, 0.2) is 0 Å². The van der Waals surface area contributed by atoms with Gasteiger partial charge in [0.2, 0.25) is 0 Å². The van der Waals surface area contributed by atoms with Crippen LogP contribution in [0.25, 0.3) is 21.8 Å². The average molecular weight is 362 g/mol. The number of carbonyl (C=O) groups excluding carboxylic acids is 1. The highest BCUT2D eigenvalue weighted by Gasteiger charge is 2.14. The van der Waals surface area contributed by atoms with Crippen molar-refractivity contribution in [3.05, 3.63) is 70.8 Å². The van der Waals surface area contributed by atoms with Crippen LogP contribution in [0.4, 0.5) is 0 Å². The standard InChI is InChI=1S/C19H12ClN5O/c20-13-4-12-3-11(1-2-17(12)24-7-13)9-25-10-16(19(22)26)15-5-14(6-21)23-8-18(15)25/h1-5,7-8,10H,9H2,(H2,22,26). The Hall–Kier alpha value is -3.43. The molecular formula is C19H12ClN5O. The van der Waals surface area contributed by atoms with E-state index in [-0.39, 0.29) is 5.69 Å². The van der Waals surface area contributed by atoms with Crippen LogP contribution in [0, 0.1) is 11.3 Å². The highest BCUT2D eigenvalue weighted by atomic mass is 35.5. The van der Waals surface area contributed by atoms with Crippen LogP contribution in [0.15, 0.2) is 48.9 Å². The second-order valence-corrected chi connectivity index (χ2v) is 6.35. The molecule has 0 radical (unpaired) electrons. The van der Waals surface area contributed by atoms with Crippen molar-refractivity contribution in [3.8, 4) is 6.07 Å². The quantitative estimate of drug-likeness (QED) is 0.605. The fourth-order valence-corrected chi connectivity index (χ4v) is 3.19. The minimum Gasteiger partial charge on any atom is -0.366 e. The number of halogens is 1. The van der Waals surface area contributed by atoms with Crippen molar-refractivity contribution in [3.63, 3.8) is 0 Å². The molecule has 0 saturated heterocycles. The summed E-state index contributed by atoms with van der Waals surface area (Å²) in [6.07, 6.45) is 4.89. The fourth-order valence-electron chi connectivity index (χ4n) is 3.03. The highest BCUT2D eigenvalue weighted by molar-refractivity contribution is 6.31. The molecule has 0 fully saturated rings. The minimum absolute atomic E-state index is 0.240. The largest absolute Gasteiger partial charge is 0.366 e. The molecule has 2 N–H and O–H groups in total. The van der Waals surface area contributed by atoms with Gasteiger partial charge in [-0.05, 0) is 29.8 Å². The van der Waals surface area contributed by atoms with Crippen LogP contribution in [0.5, 0.6) is 0 Å². The molecule has 0 saturated carbocycles. The van der Waals surface area contributed by atoms with Crippen molar-refractivity contribution in [2.75, 3.05) is 0 Å². The zero-order valence-corrected chi connectivity index (χ0v) is 14.2. The summed E-state index contributed by atoms with van der Waals surface area (Å²) < 4.78 is 1.89.